The monoisotopic (exact) mass is 226 g/mol. The Bertz CT molecular complexity index is 298. The molecule has 0 fully saturated rings. The molecular weight excluding hydrogens is 204 g/mol. The highest BCUT2D eigenvalue weighted by Crippen LogP contribution is 2.09. The van der Waals surface area contributed by atoms with Crippen molar-refractivity contribution in [2.24, 2.45) is 5.73 Å². The summed E-state index contributed by atoms with van der Waals surface area (Å²) in [7, 11) is 3.95. The Labute approximate surface area is 97.0 Å². The average Bonchev–Trinajstić information content (AvgIpc) is 2.66. The zero-order chi connectivity index (χ0) is 12.0. The van der Waals surface area contributed by atoms with E-state index in [4.69, 9.17) is 10.3 Å². The van der Waals surface area contributed by atoms with E-state index in [1.165, 1.54) is 12.8 Å². The van der Waals surface area contributed by atoms with Crippen LogP contribution in [-0.2, 0) is 6.42 Å². The van der Waals surface area contributed by atoms with Gasteiger partial charge < -0.3 is 15.2 Å². The average molecular weight is 226 g/mol. The van der Waals surface area contributed by atoms with Crippen molar-refractivity contribution in [3.05, 3.63) is 11.7 Å². The van der Waals surface area contributed by atoms with Gasteiger partial charge in [0.05, 0.1) is 6.04 Å². The topological polar surface area (TPSA) is 68.2 Å². The molecule has 5 nitrogen and oxygen atoms in total. The summed E-state index contributed by atoms with van der Waals surface area (Å²) in [4.78, 5) is 6.32. The first-order chi connectivity index (χ1) is 7.63. The minimum Gasteiger partial charge on any atom is -0.339 e. The molecule has 1 rings (SSSR count). The van der Waals surface area contributed by atoms with Crippen molar-refractivity contribution in [3.8, 4) is 0 Å². The molecule has 1 aromatic heterocycles. The number of nitrogens with two attached hydrogens (primary N) is 1. The molecule has 1 atom stereocenters. The van der Waals surface area contributed by atoms with Crippen molar-refractivity contribution in [1.82, 2.24) is 15.0 Å². The maximum absolute atomic E-state index is 5.94. The molecule has 0 aliphatic rings. The molecule has 0 radical (unpaired) electrons. The van der Waals surface area contributed by atoms with E-state index in [0.717, 1.165) is 19.4 Å². The normalized spacial score (nSPS) is 13.3. The Balaban J connectivity index is 2.44. The number of likely N-dealkylation sites (N-methyl/N-ethyl adjacent to an activating group) is 1. The predicted molar refractivity (Wildman–Crippen MR) is 63.0 cm³/mol. The van der Waals surface area contributed by atoms with Crippen LogP contribution in [0.5, 0.6) is 0 Å². The molecule has 5 heteroatoms. The number of hydrogen-bond donors (Lipinski definition) is 1. The van der Waals surface area contributed by atoms with Crippen molar-refractivity contribution in [2.45, 2.75) is 38.6 Å². The number of rotatable bonds is 7. The van der Waals surface area contributed by atoms with E-state index >= 15 is 0 Å². The zero-order valence-corrected chi connectivity index (χ0v) is 10.4. The molecule has 16 heavy (non-hydrogen) atoms. The number of unbranched alkanes of at least 4 members (excludes halogenated alkanes) is 2. The Kier molecular flexibility index (Phi) is 5.42. The van der Waals surface area contributed by atoms with Crippen molar-refractivity contribution in [3.63, 3.8) is 0 Å². The van der Waals surface area contributed by atoms with Gasteiger partial charge in [0.2, 0.25) is 5.89 Å². The van der Waals surface area contributed by atoms with Crippen LogP contribution in [0.15, 0.2) is 4.52 Å². The van der Waals surface area contributed by atoms with Gasteiger partial charge in [0.15, 0.2) is 5.82 Å². The van der Waals surface area contributed by atoms with Gasteiger partial charge in [-0.1, -0.05) is 24.9 Å². The Hall–Kier alpha value is -0.940. The second kappa shape index (κ2) is 6.60. The minimum atomic E-state index is -0.168. The molecule has 0 saturated carbocycles. The Morgan fingerprint density at radius 2 is 2.12 bits per heavy atom. The molecule has 0 amide bonds. The van der Waals surface area contributed by atoms with Crippen molar-refractivity contribution in [1.29, 1.82) is 0 Å². The summed E-state index contributed by atoms with van der Waals surface area (Å²) < 4.78 is 5.15. The minimum absolute atomic E-state index is 0.168. The third-order valence-electron chi connectivity index (χ3n) is 2.37. The largest absolute Gasteiger partial charge is 0.339 e. The quantitative estimate of drug-likeness (QED) is 0.711. The van der Waals surface area contributed by atoms with Crippen LogP contribution >= 0.6 is 0 Å². The lowest BCUT2D eigenvalue weighted by molar-refractivity contribution is 0.345. The highest BCUT2D eigenvalue weighted by molar-refractivity contribution is 4.93. The fraction of sp³-hybridized carbons (Fsp3) is 0.818. The van der Waals surface area contributed by atoms with Crippen LogP contribution in [0.2, 0.25) is 0 Å². The second-order valence-corrected chi connectivity index (χ2v) is 4.37. The van der Waals surface area contributed by atoms with Crippen molar-refractivity contribution >= 4 is 0 Å². The van der Waals surface area contributed by atoms with Crippen molar-refractivity contribution in [2.75, 3.05) is 20.6 Å². The number of aromatic nitrogens is 2. The van der Waals surface area contributed by atoms with Gasteiger partial charge in [-0.15, -0.1) is 0 Å². The van der Waals surface area contributed by atoms with Crippen LogP contribution in [0.1, 0.15) is 43.9 Å². The molecule has 92 valence electrons. The summed E-state index contributed by atoms with van der Waals surface area (Å²) in [6, 6.07) is -0.168. The first kappa shape index (κ1) is 13.1. The molecule has 0 aliphatic heterocycles. The van der Waals surface area contributed by atoms with E-state index in [0.29, 0.717) is 11.7 Å². The first-order valence-corrected chi connectivity index (χ1v) is 5.86. The van der Waals surface area contributed by atoms with Crippen LogP contribution < -0.4 is 5.73 Å². The lowest BCUT2D eigenvalue weighted by atomic mass is 10.2. The zero-order valence-electron chi connectivity index (χ0n) is 10.4. The summed E-state index contributed by atoms with van der Waals surface area (Å²) in [5.41, 5.74) is 5.94. The Morgan fingerprint density at radius 1 is 1.38 bits per heavy atom. The maximum Gasteiger partial charge on any atom is 0.226 e. The highest BCUT2D eigenvalue weighted by Gasteiger charge is 2.14. The molecule has 1 aromatic rings. The summed E-state index contributed by atoms with van der Waals surface area (Å²) in [6.45, 7) is 2.90. The van der Waals surface area contributed by atoms with E-state index in [-0.39, 0.29) is 6.04 Å². The van der Waals surface area contributed by atoms with Gasteiger partial charge in [-0.05, 0) is 20.5 Å². The smallest absolute Gasteiger partial charge is 0.226 e. The van der Waals surface area contributed by atoms with E-state index in [2.05, 4.69) is 17.1 Å². The summed E-state index contributed by atoms with van der Waals surface area (Å²) >= 11 is 0. The van der Waals surface area contributed by atoms with Crippen LogP contribution in [-0.4, -0.2) is 35.7 Å². The van der Waals surface area contributed by atoms with Gasteiger partial charge in [0, 0.05) is 13.0 Å². The van der Waals surface area contributed by atoms with E-state index in [9.17, 15) is 0 Å². The van der Waals surface area contributed by atoms with Gasteiger partial charge >= 0.3 is 0 Å². The molecule has 1 heterocycles. The van der Waals surface area contributed by atoms with Crippen LogP contribution in [0, 0.1) is 0 Å². The molecule has 1 unspecified atom stereocenters. The summed E-state index contributed by atoms with van der Waals surface area (Å²) in [6.07, 6.45) is 4.35. The molecule has 0 spiro atoms. The fourth-order valence-corrected chi connectivity index (χ4v) is 1.52. The lowest BCUT2D eigenvalue weighted by Crippen LogP contribution is -2.26. The standard InChI is InChI=1S/C11H22N4O/c1-4-5-6-7-10-13-11(14-16-10)9(12)8-15(2)3/h9H,4-8,12H2,1-3H3. The molecular formula is C11H22N4O. The summed E-state index contributed by atoms with van der Waals surface area (Å²) in [5, 5.41) is 3.91. The molecule has 0 saturated heterocycles. The van der Waals surface area contributed by atoms with Crippen LogP contribution in [0.3, 0.4) is 0 Å². The van der Waals surface area contributed by atoms with Gasteiger partial charge in [-0.3, -0.25) is 0 Å². The predicted octanol–water partition coefficient (Wildman–Crippen LogP) is 1.36. The number of aryl methyl sites for hydroxylation is 1. The lowest BCUT2D eigenvalue weighted by Gasteiger charge is -2.12. The fourth-order valence-electron chi connectivity index (χ4n) is 1.52. The van der Waals surface area contributed by atoms with Gasteiger partial charge in [-0.25, -0.2) is 0 Å². The van der Waals surface area contributed by atoms with E-state index in [1.807, 2.05) is 19.0 Å². The van der Waals surface area contributed by atoms with Crippen molar-refractivity contribution < 1.29 is 4.52 Å². The molecule has 0 aromatic carbocycles. The number of hydrogen-bond acceptors (Lipinski definition) is 5. The Morgan fingerprint density at radius 3 is 2.75 bits per heavy atom. The highest BCUT2D eigenvalue weighted by atomic mass is 16.5. The third kappa shape index (κ3) is 4.28. The van der Waals surface area contributed by atoms with E-state index < -0.39 is 0 Å². The van der Waals surface area contributed by atoms with Gasteiger partial charge in [0.1, 0.15) is 0 Å². The van der Waals surface area contributed by atoms with Crippen LogP contribution in [0.25, 0.3) is 0 Å². The van der Waals surface area contributed by atoms with Gasteiger partial charge in [0.25, 0.3) is 0 Å². The molecule has 0 bridgehead atoms. The molecule has 0 aliphatic carbocycles. The summed E-state index contributed by atoms with van der Waals surface area (Å²) in [5.74, 6) is 1.32. The second-order valence-electron chi connectivity index (χ2n) is 4.37. The molecule has 2 N–H and O–H groups in total. The number of nitrogens with zero attached hydrogens (tertiary/aromatic N) is 3. The SMILES string of the molecule is CCCCCc1nc(C(N)CN(C)C)no1. The van der Waals surface area contributed by atoms with Gasteiger partial charge in [-0.2, -0.15) is 4.98 Å². The van der Waals surface area contributed by atoms with E-state index in [1.54, 1.807) is 0 Å². The maximum atomic E-state index is 5.94. The third-order valence-corrected chi connectivity index (χ3v) is 2.37. The van der Waals surface area contributed by atoms with Crippen LogP contribution in [0.4, 0.5) is 0 Å². The first-order valence-electron chi connectivity index (χ1n) is 5.86.